The van der Waals surface area contributed by atoms with Gasteiger partial charge in [0, 0.05) is 36.9 Å². The minimum absolute atomic E-state index is 0.125. The highest BCUT2D eigenvalue weighted by Crippen LogP contribution is 2.21. The van der Waals surface area contributed by atoms with Gasteiger partial charge in [0.15, 0.2) is 5.65 Å². The SMILES string of the molecule is CCOC(=O)CCN(Cc1cccnc1)C(=O)c1cc2cnn(C(C)C)c2nc1C. The van der Waals surface area contributed by atoms with Gasteiger partial charge < -0.3 is 9.64 Å². The van der Waals surface area contributed by atoms with Crippen molar-refractivity contribution in [2.24, 2.45) is 0 Å². The molecule has 8 nitrogen and oxygen atoms in total. The van der Waals surface area contributed by atoms with Crippen LogP contribution >= 0.6 is 0 Å². The number of amides is 1. The lowest BCUT2D eigenvalue weighted by Gasteiger charge is -2.23. The van der Waals surface area contributed by atoms with Crippen molar-refractivity contribution in [1.82, 2.24) is 24.6 Å². The molecule has 0 unspecified atom stereocenters. The Labute approximate surface area is 175 Å². The normalized spacial score (nSPS) is 11.1. The van der Waals surface area contributed by atoms with E-state index in [0.717, 1.165) is 16.6 Å². The van der Waals surface area contributed by atoms with Crippen LogP contribution in [0.15, 0.2) is 36.8 Å². The summed E-state index contributed by atoms with van der Waals surface area (Å²) in [5, 5.41) is 5.20. The second-order valence-electron chi connectivity index (χ2n) is 7.36. The molecular weight excluding hydrogens is 382 g/mol. The molecule has 8 heteroatoms. The fourth-order valence-corrected chi connectivity index (χ4v) is 3.25. The fraction of sp³-hybridized carbons (Fsp3) is 0.409. The minimum atomic E-state index is -0.329. The molecule has 0 saturated carbocycles. The molecule has 3 aromatic heterocycles. The lowest BCUT2D eigenvalue weighted by atomic mass is 10.1. The average molecular weight is 409 g/mol. The maximum Gasteiger partial charge on any atom is 0.307 e. The van der Waals surface area contributed by atoms with Crippen LogP contribution in [0.5, 0.6) is 0 Å². The molecule has 0 saturated heterocycles. The summed E-state index contributed by atoms with van der Waals surface area (Å²) in [4.78, 5) is 35.7. The Hall–Kier alpha value is -3.29. The van der Waals surface area contributed by atoms with Crippen LogP contribution in [0.1, 0.15) is 54.8 Å². The summed E-state index contributed by atoms with van der Waals surface area (Å²) in [6.45, 7) is 8.55. The number of fused-ring (bicyclic) bond motifs is 1. The van der Waals surface area contributed by atoms with Gasteiger partial charge in [-0.2, -0.15) is 5.10 Å². The van der Waals surface area contributed by atoms with Gasteiger partial charge >= 0.3 is 5.97 Å². The van der Waals surface area contributed by atoms with Crippen molar-refractivity contribution in [2.45, 2.75) is 46.7 Å². The topological polar surface area (TPSA) is 90.2 Å². The molecule has 0 atom stereocenters. The Balaban J connectivity index is 1.90. The van der Waals surface area contributed by atoms with Gasteiger partial charge in [-0.25, -0.2) is 9.67 Å². The van der Waals surface area contributed by atoms with Crippen molar-refractivity contribution < 1.29 is 14.3 Å². The first-order chi connectivity index (χ1) is 14.4. The van der Waals surface area contributed by atoms with E-state index in [2.05, 4.69) is 15.1 Å². The van der Waals surface area contributed by atoms with Gasteiger partial charge in [-0.3, -0.25) is 14.6 Å². The number of nitrogens with zero attached hydrogens (tertiary/aromatic N) is 5. The molecule has 3 rings (SSSR count). The number of aromatic nitrogens is 4. The van der Waals surface area contributed by atoms with Crippen LogP contribution in [0.25, 0.3) is 11.0 Å². The van der Waals surface area contributed by atoms with Crippen molar-refractivity contribution in [3.05, 3.63) is 53.6 Å². The lowest BCUT2D eigenvalue weighted by Crippen LogP contribution is -2.33. The van der Waals surface area contributed by atoms with Crippen LogP contribution in [0.4, 0.5) is 0 Å². The third-order valence-corrected chi connectivity index (χ3v) is 4.75. The van der Waals surface area contributed by atoms with Crippen molar-refractivity contribution in [3.8, 4) is 0 Å². The maximum absolute atomic E-state index is 13.4. The molecule has 0 aliphatic rings. The summed E-state index contributed by atoms with van der Waals surface area (Å²) in [6, 6.07) is 5.72. The van der Waals surface area contributed by atoms with Gasteiger partial charge in [-0.05, 0) is 45.4 Å². The van der Waals surface area contributed by atoms with Gasteiger partial charge in [0.1, 0.15) is 0 Å². The molecule has 0 bridgehead atoms. The molecule has 3 aromatic rings. The number of esters is 1. The van der Waals surface area contributed by atoms with Gasteiger partial charge in [0.25, 0.3) is 5.91 Å². The van der Waals surface area contributed by atoms with E-state index in [9.17, 15) is 9.59 Å². The van der Waals surface area contributed by atoms with Crippen molar-refractivity contribution in [1.29, 1.82) is 0 Å². The number of ether oxygens (including phenoxy) is 1. The first kappa shape index (κ1) is 21.4. The third-order valence-electron chi connectivity index (χ3n) is 4.75. The number of aryl methyl sites for hydroxylation is 1. The van der Waals surface area contributed by atoms with Crippen molar-refractivity contribution >= 4 is 22.9 Å². The second-order valence-corrected chi connectivity index (χ2v) is 7.36. The number of carbonyl (C=O) groups excluding carboxylic acids is 2. The number of hydrogen-bond acceptors (Lipinski definition) is 6. The Bertz CT molecular complexity index is 1030. The van der Waals surface area contributed by atoms with E-state index in [4.69, 9.17) is 4.74 Å². The largest absolute Gasteiger partial charge is 0.466 e. The molecule has 158 valence electrons. The smallest absolute Gasteiger partial charge is 0.307 e. The molecule has 1 amide bonds. The third kappa shape index (κ3) is 4.82. The quantitative estimate of drug-likeness (QED) is 0.530. The first-order valence-electron chi connectivity index (χ1n) is 10.1. The van der Waals surface area contributed by atoms with Gasteiger partial charge in [-0.15, -0.1) is 0 Å². The predicted octanol–water partition coefficient (Wildman–Crippen LogP) is 3.31. The van der Waals surface area contributed by atoms with Gasteiger partial charge in [0.2, 0.25) is 0 Å². The molecule has 0 fully saturated rings. The summed E-state index contributed by atoms with van der Waals surface area (Å²) < 4.78 is 6.86. The highest BCUT2D eigenvalue weighted by atomic mass is 16.5. The van der Waals surface area contributed by atoms with E-state index < -0.39 is 0 Å². The molecular formula is C22H27N5O3. The van der Waals surface area contributed by atoms with E-state index in [1.807, 2.05) is 43.7 Å². The number of hydrogen-bond donors (Lipinski definition) is 0. The summed E-state index contributed by atoms with van der Waals surface area (Å²) >= 11 is 0. The maximum atomic E-state index is 13.4. The Kier molecular flexibility index (Phi) is 6.76. The summed E-state index contributed by atoms with van der Waals surface area (Å²) in [6.07, 6.45) is 5.25. The van der Waals surface area contributed by atoms with E-state index >= 15 is 0 Å². The van der Waals surface area contributed by atoms with E-state index in [1.54, 1.807) is 30.4 Å². The highest BCUT2D eigenvalue weighted by Gasteiger charge is 2.22. The molecule has 0 radical (unpaired) electrons. The Morgan fingerprint density at radius 1 is 1.27 bits per heavy atom. The van der Waals surface area contributed by atoms with E-state index in [0.29, 0.717) is 24.4 Å². The molecule has 0 N–H and O–H groups in total. The number of carbonyl (C=O) groups is 2. The zero-order chi connectivity index (χ0) is 21.7. The number of rotatable bonds is 8. The zero-order valence-corrected chi connectivity index (χ0v) is 17.8. The molecule has 30 heavy (non-hydrogen) atoms. The molecule has 0 aromatic carbocycles. The molecule has 0 aliphatic carbocycles. The van der Waals surface area contributed by atoms with Crippen molar-refractivity contribution in [3.63, 3.8) is 0 Å². The van der Waals surface area contributed by atoms with Crippen LogP contribution in [-0.4, -0.2) is 49.7 Å². The Morgan fingerprint density at radius 2 is 2.07 bits per heavy atom. The summed E-state index contributed by atoms with van der Waals surface area (Å²) in [5.74, 6) is -0.516. The average Bonchev–Trinajstić information content (AvgIpc) is 3.14. The van der Waals surface area contributed by atoms with E-state index in [1.165, 1.54) is 0 Å². The van der Waals surface area contributed by atoms with Crippen LogP contribution in [0.3, 0.4) is 0 Å². The van der Waals surface area contributed by atoms with Crippen LogP contribution in [0, 0.1) is 6.92 Å². The van der Waals surface area contributed by atoms with Crippen LogP contribution in [-0.2, 0) is 16.1 Å². The second kappa shape index (κ2) is 9.47. The first-order valence-corrected chi connectivity index (χ1v) is 10.1. The summed E-state index contributed by atoms with van der Waals surface area (Å²) in [7, 11) is 0. The van der Waals surface area contributed by atoms with Gasteiger partial charge in [0.05, 0.1) is 30.5 Å². The van der Waals surface area contributed by atoms with E-state index in [-0.39, 0.29) is 30.9 Å². The zero-order valence-electron chi connectivity index (χ0n) is 17.8. The highest BCUT2D eigenvalue weighted by molar-refractivity contribution is 5.98. The van der Waals surface area contributed by atoms with Gasteiger partial charge in [-0.1, -0.05) is 6.07 Å². The van der Waals surface area contributed by atoms with Crippen molar-refractivity contribution in [2.75, 3.05) is 13.2 Å². The number of pyridine rings is 2. The lowest BCUT2D eigenvalue weighted by molar-refractivity contribution is -0.143. The molecule has 0 aliphatic heterocycles. The minimum Gasteiger partial charge on any atom is -0.466 e. The molecule has 0 spiro atoms. The van der Waals surface area contributed by atoms with Crippen LogP contribution in [0.2, 0.25) is 0 Å². The van der Waals surface area contributed by atoms with Crippen LogP contribution < -0.4 is 0 Å². The fourth-order valence-electron chi connectivity index (χ4n) is 3.25. The Morgan fingerprint density at radius 3 is 2.73 bits per heavy atom. The monoisotopic (exact) mass is 409 g/mol. The summed E-state index contributed by atoms with van der Waals surface area (Å²) in [5.41, 5.74) is 2.76. The molecule has 3 heterocycles. The predicted molar refractivity (Wildman–Crippen MR) is 113 cm³/mol. The standard InChI is InChI=1S/C22H27N5O3/c1-5-30-20(28)8-10-26(14-17-7-6-9-23-12-17)22(29)19-11-18-13-24-27(15(2)3)21(18)25-16(19)4/h6-7,9,11-13,15H,5,8,10,14H2,1-4H3.